The van der Waals surface area contributed by atoms with Crippen LogP contribution < -0.4 is 0 Å². The van der Waals surface area contributed by atoms with Gasteiger partial charge in [0.05, 0.1) is 17.4 Å². The molecule has 0 saturated heterocycles. The van der Waals surface area contributed by atoms with Gasteiger partial charge >= 0.3 is 5.97 Å². The molecule has 9 nitrogen and oxygen atoms in total. The number of hydrogen-bond donors (Lipinski definition) is 2. The van der Waals surface area contributed by atoms with E-state index >= 15 is 0 Å². The molecule has 1 aromatic carbocycles. The molecule has 2 N–H and O–H groups in total. The number of hydrogen-bond acceptors (Lipinski definition) is 8. The summed E-state index contributed by atoms with van der Waals surface area (Å²) >= 11 is 0. The number of carbonyl (C=O) groups is 3. The Morgan fingerprint density at radius 3 is 2.68 bits per heavy atom. The summed E-state index contributed by atoms with van der Waals surface area (Å²) in [6.45, 7) is 3.27. The van der Waals surface area contributed by atoms with Crippen LogP contribution in [0.4, 0.5) is 5.69 Å². The van der Waals surface area contributed by atoms with Crippen molar-refractivity contribution in [1.82, 2.24) is 0 Å². The van der Waals surface area contributed by atoms with E-state index in [0.717, 1.165) is 18.4 Å². The summed E-state index contributed by atoms with van der Waals surface area (Å²) < 4.78 is 5.19. The van der Waals surface area contributed by atoms with Gasteiger partial charge in [0.25, 0.3) is 5.69 Å². The number of nitro benzene ring substituents is 1. The van der Waals surface area contributed by atoms with E-state index in [1.807, 2.05) is 13.0 Å². The van der Waals surface area contributed by atoms with Crippen molar-refractivity contribution in [2.75, 3.05) is 6.61 Å². The molecule has 0 unspecified atom stereocenters. The molecule has 1 aromatic rings. The number of esters is 1. The Kier molecular flexibility index (Phi) is 6.43. The average molecular weight is 524 g/mol. The van der Waals surface area contributed by atoms with E-state index in [2.05, 4.69) is 6.92 Å². The normalized spacial score (nSPS) is 37.5. The lowest BCUT2D eigenvalue weighted by molar-refractivity contribution is -0.385. The van der Waals surface area contributed by atoms with Crippen LogP contribution >= 0.6 is 0 Å². The van der Waals surface area contributed by atoms with Crippen molar-refractivity contribution >= 4 is 23.2 Å². The van der Waals surface area contributed by atoms with Crippen LogP contribution in [0.2, 0.25) is 0 Å². The van der Waals surface area contributed by atoms with Crippen LogP contribution in [-0.2, 0) is 25.5 Å². The standard InChI is InChI=1S/C29H33NO8/c1-27-11-9-19(31)14-18(27)7-8-20-21-10-12-29(35,28(21,2)15-23(32)26(20)27)24(33)16-38-25(34)13-17-5-3-4-6-22(17)30(36)37/h3-6,9,11,14,20-21,23,26,32,35H,7-8,10,12-13,15-16H2,1-2H3/t20-,21-,23-,26+,27-,28-,29-/m0/s1. The number of nitrogens with zero attached hydrogens (tertiary/aromatic N) is 1. The van der Waals surface area contributed by atoms with Gasteiger partial charge in [-0.3, -0.25) is 24.5 Å². The van der Waals surface area contributed by atoms with Gasteiger partial charge in [0.2, 0.25) is 5.78 Å². The van der Waals surface area contributed by atoms with Gasteiger partial charge in [0.15, 0.2) is 12.4 Å². The summed E-state index contributed by atoms with van der Waals surface area (Å²) in [4.78, 5) is 48.5. The Morgan fingerprint density at radius 2 is 1.95 bits per heavy atom. The third kappa shape index (κ3) is 3.94. The van der Waals surface area contributed by atoms with Crippen molar-refractivity contribution < 1.29 is 34.3 Å². The first-order chi connectivity index (χ1) is 17.9. The number of aliphatic hydroxyl groups is 2. The fraction of sp³-hybridized carbons (Fsp3) is 0.552. The maximum absolute atomic E-state index is 13.4. The van der Waals surface area contributed by atoms with Crippen LogP contribution in [0, 0.1) is 38.7 Å². The second-order valence-electron chi connectivity index (χ2n) is 11.8. The van der Waals surface area contributed by atoms with Gasteiger partial charge in [-0.2, -0.15) is 0 Å². The number of ether oxygens (including phenoxy) is 1. The lowest BCUT2D eigenvalue weighted by Crippen LogP contribution is -2.61. The zero-order valence-electron chi connectivity index (χ0n) is 21.6. The van der Waals surface area contributed by atoms with Crippen LogP contribution in [-0.4, -0.2) is 51.0 Å². The van der Waals surface area contributed by atoms with Crippen molar-refractivity contribution in [3.63, 3.8) is 0 Å². The summed E-state index contributed by atoms with van der Waals surface area (Å²) in [7, 11) is 0. The number of aliphatic hydroxyl groups excluding tert-OH is 1. The van der Waals surface area contributed by atoms with E-state index in [0.29, 0.717) is 6.42 Å². The summed E-state index contributed by atoms with van der Waals surface area (Å²) in [5, 5.41) is 34.4. The molecule has 202 valence electrons. The highest BCUT2D eigenvalue weighted by Gasteiger charge is 2.68. The van der Waals surface area contributed by atoms with E-state index in [9.17, 15) is 34.7 Å². The minimum atomic E-state index is -1.77. The van der Waals surface area contributed by atoms with E-state index in [1.165, 1.54) is 18.2 Å². The maximum atomic E-state index is 13.4. The predicted octanol–water partition coefficient (Wildman–Crippen LogP) is 3.26. The lowest BCUT2D eigenvalue weighted by atomic mass is 9.46. The topological polar surface area (TPSA) is 144 Å². The number of Topliss-reactive ketones (excluding diaryl/α,β-unsaturated/α-hetero) is 1. The fourth-order valence-electron chi connectivity index (χ4n) is 8.10. The van der Waals surface area contributed by atoms with Gasteiger partial charge in [-0.15, -0.1) is 0 Å². The molecule has 38 heavy (non-hydrogen) atoms. The number of ketones is 2. The minimum Gasteiger partial charge on any atom is -0.457 e. The van der Waals surface area contributed by atoms with Crippen molar-refractivity contribution in [3.05, 3.63) is 63.7 Å². The Bertz CT molecular complexity index is 1270. The van der Waals surface area contributed by atoms with Gasteiger partial charge in [0.1, 0.15) is 5.60 Å². The van der Waals surface area contributed by atoms with E-state index in [1.54, 1.807) is 18.2 Å². The Balaban J connectivity index is 1.31. The summed E-state index contributed by atoms with van der Waals surface area (Å²) in [5.41, 5.74) is -2.11. The quantitative estimate of drug-likeness (QED) is 0.328. The van der Waals surface area contributed by atoms with E-state index < -0.39 is 45.8 Å². The van der Waals surface area contributed by atoms with Crippen LogP contribution in [0.15, 0.2) is 48.1 Å². The van der Waals surface area contributed by atoms with Crippen molar-refractivity contribution in [3.8, 4) is 0 Å². The SMILES string of the molecule is C[C@]12C=CC(=O)C=C1CC[C@@H]1[C@@H]2[C@@H](O)C[C@@]2(C)[C@H]1CC[C@]2(O)C(=O)COC(=O)Cc1ccccc1[N+](=O)[O-]. The molecular formula is C29H33NO8. The van der Waals surface area contributed by atoms with Crippen LogP contribution in [0.1, 0.15) is 51.5 Å². The molecular weight excluding hydrogens is 490 g/mol. The minimum absolute atomic E-state index is 0.0167. The molecule has 9 heteroatoms. The number of fused-ring (bicyclic) bond motifs is 5. The Labute approximate surface area is 220 Å². The monoisotopic (exact) mass is 523 g/mol. The first-order valence-corrected chi connectivity index (χ1v) is 13.2. The average Bonchev–Trinajstić information content (AvgIpc) is 3.14. The lowest BCUT2D eigenvalue weighted by Gasteiger charge is -2.59. The molecule has 0 amide bonds. The molecule has 3 saturated carbocycles. The highest BCUT2D eigenvalue weighted by Crippen LogP contribution is 2.67. The molecule has 0 aromatic heterocycles. The molecule has 0 radical (unpaired) electrons. The first kappa shape index (κ1) is 26.4. The molecule has 4 aliphatic rings. The predicted molar refractivity (Wildman–Crippen MR) is 136 cm³/mol. The summed E-state index contributed by atoms with van der Waals surface area (Å²) in [5.74, 6) is -1.53. The van der Waals surface area contributed by atoms with Crippen LogP contribution in [0.3, 0.4) is 0 Å². The summed E-state index contributed by atoms with van der Waals surface area (Å²) in [6.07, 6.45) is 6.53. The third-order valence-corrected chi connectivity index (χ3v) is 10.00. The molecule has 0 bridgehead atoms. The number of nitro groups is 1. The van der Waals surface area contributed by atoms with Crippen LogP contribution in [0.5, 0.6) is 0 Å². The van der Waals surface area contributed by atoms with Gasteiger partial charge < -0.3 is 14.9 Å². The number of carbonyl (C=O) groups excluding carboxylic acids is 3. The number of benzene rings is 1. The van der Waals surface area contributed by atoms with E-state index in [-0.39, 0.29) is 54.1 Å². The van der Waals surface area contributed by atoms with Gasteiger partial charge in [0, 0.05) is 28.4 Å². The fourth-order valence-corrected chi connectivity index (χ4v) is 8.10. The van der Waals surface area contributed by atoms with Gasteiger partial charge in [-0.1, -0.05) is 43.7 Å². The molecule has 0 aliphatic heterocycles. The zero-order chi connectivity index (χ0) is 27.5. The molecule has 3 fully saturated rings. The number of para-hydroxylation sites is 1. The smallest absolute Gasteiger partial charge is 0.310 e. The van der Waals surface area contributed by atoms with Crippen molar-refractivity contribution in [1.29, 1.82) is 0 Å². The molecule has 5 rings (SSSR count). The Morgan fingerprint density at radius 1 is 1.21 bits per heavy atom. The molecule has 4 aliphatic carbocycles. The second kappa shape index (κ2) is 9.24. The molecule has 0 spiro atoms. The van der Waals surface area contributed by atoms with E-state index in [4.69, 9.17) is 4.74 Å². The third-order valence-electron chi connectivity index (χ3n) is 10.00. The maximum Gasteiger partial charge on any atom is 0.310 e. The number of rotatable bonds is 6. The highest BCUT2D eigenvalue weighted by molar-refractivity contribution is 6.01. The largest absolute Gasteiger partial charge is 0.457 e. The second-order valence-corrected chi connectivity index (χ2v) is 11.8. The highest BCUT2D eigenvalue weighted by atomic mass is 16.6. The van der Waals surface area contributed by atoms with Gasteiger partial charge in [-0.05, 0) is 56.1 Å². The zero-order valence-corrected chi connectivity index (χ0v) is 21.6. The first-order valence-electron chi connectivity index (χ1n) is 13.2. The van der Waals surface area contributed by atoms with Gasteiger partial charge in [-0.25, -0.2) is 0 Å². The number of allylic oxidation sites excluding steroid dienone is 4. The van der Waals surface area contributed by atoms with Crippen molar-refractivity contribution in [2.45, 2.75) is 64.1 Å². The van der Waals surface area contributed by atoms with Crippen LogP contribution in [0.25, 0.3) is 0 Å². The summed E-state index contributed by atoms with van der Waals surface area (Å²) in [6, 6.07) is 5.83. The molecule has 0 heterocycles. The van der Waals surface area contributed by atoms with Crippen molar-refractivity contribution in [2.24, 2.45) is 28.6 Å². The molecule has 7 atom stereocenters. The Hall–Kier alpha value is -3.17.